The van der Waals surface area contributed by atoms with E-state index in [9.17, 15) is 0 Å². The van der Waals surface area contributed by atoms with E-state index in [2.05, 4.69) is 60.5 Å². The van der Waals surface area contributed by atoms with Gasteiger partial charge in [0.1, 0.15) is 0 Å². The van der Waals surface area contributed by atoms with Gasteiger partial charge < -0.3 is 10.2 Å². The minimum atomic E-state index is 0.782. The monoisotopic (exact) mass is 302 g/mol. The van der Waals surface area contributed by atoms with Crippen LogP contribution in [0.2, 0.25) is 5.02 Å². The number of nitrogens with one attached hydrogen (secondary N) is 1. The number of nitrogens with zero attached hydrogens (tertiary/aromatic N) is 1. The lowest BCUT2D eigenvalue weighted by Crippen LogP contribution is -2.21. The summed E-state index contributed by atoms with van der Waals surface area (Å²) in [7, 11) is 0. The Hall–Kier alpha value is -1.67. The molecule has 0 aliphatic carbocycles. The lowest BCUT2D eigenvalue weighted by Gasteiger charge is -2.21. The van der Waals surface area contributed by atoms with Crippen molar-refractivity contribution in [2.75, 3.05) is 23.3 Å². The summed E-state index contributed by atoms with van der Waals surface area (Å²) in [6.45, 7) is 9.22. The number of halogens is 1. The molecule has 0 aliphatic rings. The fraction of sp³-hybridized carbons (Fsp3) is 0.333. The molecule has 0 heterocycles. The molecule has 0 radical (unpaired) electrons. The first kappa shape index (κ1) is 15.7. The SMILES string of the molecule is CCN(CC)c1ccc(NCc2ccc(C)c(Cl)c2)cc1. The van der Waals surface area contributed by atoms with Crippen molar-refractivity contribution >= 4 is 23.0 Å². The largest absolute Gasteiger partial charge is 0.381 e. The minimum absolute atomic E-state index is 0.782. The summed E-state index contributed by atoms with van der Waals surface area (Å²) in [6, 6.07) is 14.8. The van der Waals surface area contributed by atoms with Gasteiger partial charge in [-0.2, -0.15) is 0 Å². The number of rotatable bonds is 6. The average molecular weight is 303 g/mol. The molecular weight excluding hydrogens is 280 g/mol. The molecule has 0 bridgehead atoms. The van der Waals surface area contributed by atoms with Gasteiger partial charge in [0.25, 0.3) is 0 Å². The van der Waals surface area contributed by atoms with Crippen molar-refractivity contribution in [1.82, 2.24) is 0 Å². The van der Waals surface area contributed by atoms with Gasteiger partial charge in [0, 0.05) is 36.0 Å². The van der Waals surface area contributed by atoms with E-state index in [1.165, 1.54) is 11.3 Å². The summed E-state index contributed by atoms with van der Waals surface area (Å²) < 4.78 is 0. The Morgan fingerprint density at radius 3 is 2.24 bits per heavy atom. The molecule has 1 N–H and O–H groups in total. The minimum Gasteiger partial charge on any atom is -0.381 e. The number of benzene rings is 2. The standard InChI is InChI=1S/C18H23ClN2/c1-4-21(5-2)17-10-8-16(9-11-17)20-13-15-7-6-14(3)18(19)12-15/h6-12,20H,4-5,13H2,1-3H3. The second-order valence-electron chi connectivity index (χ2n) is 5.16. The molecule has 0 spiro atoms. The summed E-state index contributed by atoms with van der Waals surface area (Å²) in [5.74, 6) is 0. The highest BCUT2D eigenvalue weighted by molar-refractivity contribution is 6.31. The zero-order valence-corrected chi connectivity index (χ0v) is 13.7. The number of anilines is 2. The number of hydrogen-bond acceptors (Lipinski definition) is 2. The van der Waals surface area contributed by atoms with Crippen molar-refractivity contribution in [3.8, 4) is 0 Å². The molecule has 112 valence electrons. The Kier molecular flexibility index (Phi) is 5.51. The molecule has 2 nitrogen and oxygen atoms in total. The van der Waals surface area contributed by atoms with Gasteiger partial charge in [-0.15, -0.1) is 0 Å². The van der Waals surface area contributed by atoms with Crippen LogP contribution >= 0.6 is 11.6 Å². The predicted molar refractivity (Wildman–Crippen MR) is 93.5 cm³/mol. The van der Waals surface area contributed by atoms with E-state index < -0.39 is 0 Å². The van der Waals surface area contributed by atoms with Crippen LogP contribution < -0.4 is 10.2 Å². The van der Waals surface area contributed by atoms with Crippen LogP contribution in [0, 0.1) is 6.92 Å². The van der Waals surface area contributed by atoms with Gasteiger partial charge in [0.15, 0.2) is 0 Å². The van der Waals surface area contributed by atoms with Crippen LogP contribution in [0.4, 0.5) is 11.4 Å². The van der Waals surface area contributed by atoms with Crippen molar-refractivity contribution < 1.29 is 0 Å². The molecule has 0 aromatic heterocycles. The quantitative estimate of drug-likeness (QED) is 0.798. The predicted octanol–water partition coefficient (Wildman–Crippen LogP) is 5.11. The maximum absolute atomic E-state index is 6.15. The van der Waals surface area contributed by atoms with Gasteiger partial charge in [-0.1, -0.05) is 23.7 Å². The van der Waals surface area contributed by atoms with Gasteiger partial charge in [-0.3, -0.25) is 0 Å². The molecule has 0 saturated heterocycles. The van der Waals surface area contributed by atoms with Gasteiger partial charge in [0.05, 0.1) is 0 Å². The van der Waals surface area contributed by atoms with Crippen molar-refractivity contribution in [3.05, 3.63) is 58.6 Å². The molecule has 2 aromatic rings. The van der Waals surface area contributed by atoms with Crippen LogP contribution in [0.3, 0.4) is 0 Å². The topological polar surface area (TPSA) is 15.3 Å². The maximum atomic E-state index is 6.15. The van der Waals surface area contributed by atoms with E-state index in [1.54, 1.807) is 0 Å². The summed E-state index contributed by atoms with van der Waals surface area (Å²) >= 11 is 6.15. The van der Waals surface area contributed by atoms with Gasteiger partial charge in [-0.25, -0.2) is 0 Å². The Balaban J connectivity index is 1.98. The Labute approximate surface area is 132 Å². The summed E-state index contributed by atoms with van der Waals surface area (Å²) in [4.78, 5) is 2.34. The van der Waals surface area contributed by atoms with Gasteiger partial charge >= 0.3 is 0 Å². The van der Waals surface area contributed by atoms with E-state index >= 15 is 0 Å². The van der Waals surface area contributed by atoms with Crippen LogP contribution in [0.25, 0.3) is 0 Å². The molecule has 0 fully saturated rings. The molecule has 0 saturated carbocycles. The van der Waals surface area contributed by atoms with Gasteiger partial charge in [-0.05, 0) is 62.2 Å². The normalized spacial score (nSPS) is 10.5. The zero-order chi connectivity index (χ0) is 15.2. The van der Waals surface area contributed by atoms with Crippen LogP contribution in [0.15, 0.2) is 42.5 Å². The maximum Gasteiger partial charge on any atom is 0.0438 e. The smallest absolute Gasteiger partial charge is 0.0438 e. The Morgan fingerprint density at radius 2 is 1.67 bits per heavy atom. The molecule has 0 amide bonds. The molecule has 21 heavy (non-hydrogen) atoms. The lowest BCUT2D eigenvalue weighted by atomic mass is 10.1. The molecule has 2 aromatic carbocycles. The van der Waals surface area contributed by atoms with E-state index in [0.29, 0.717) is 0 Å². The number of hydrogen-bond donors (Lipinski definition) is 1. The van der Waals surface area contributed by atoms with Crippen LogP contribution in [0.1, 0.15) is 25.0 Å². The van der Waals surface area contributed by atoms with Crippen molar-refractivity contribution in [2.45, 2.75) is 27.3 Å². The van der Waals surface area contributed by atoms with Gasteiger partial charge in [0.2, 0.25) is 0 Å². The first-order chi connectivity index (χ1) is 10.1. The summed E-state index contributed by atoms with van der Waals surface area (Å²) in [5, 5.41) is 4.26. The van der Waals surface area contributed by atoms with Crippen molar-refractivity contribution in [2.24, 2.45) is 0 Å². The first-order valence-electron chi connectivity index (χ1n) is 7.48. The third kappa shape index (κ3) is 4.15. The van der Waals surface area contributed by atoms with E-state index in [1.807, 2.05) is 13.0 Å². The van der Waals surface area contributed by atoms with Crippen molar-refractivity contribution in [3.63, 3.8) is 0 Å². The Morgan fingerprint density at radius 1 is 1.00 bits per heavy atom. The fourth-order valence-electron chi connectivity index (χ4n) is 2.33. The molecule has 0 unspecified atom stereocenters. The van der Waals surface area contributed by atoms with E-state index in [0.717, 1.165) is 35.9 Å². The first-order valence-corrected chi connectivity index (χ1v) is 7.85. The highest BCUT2D eigenvalue weighted by Gasteiger charge is 2.02. The molecular formula is C18H23ClN2. The lowest BCUT2D eigenvalue weighted by molar-refractivity contribution is 0.866. The average Bonchev–Trinajstić information content (AvgIpc) is 2.51. The van der Waals surface area contributed by atoms with E-state index in [4.69, 9.17) is 11.6 Å². The van der Waals surface area contributed by atoms with Crippen LogP contribution in [0.5, 0.6) is 0 Å². The summed E-state index contributed by atoms with van der Waals surface area (Å²) in [6.07, 6.45) is 0. The molecule has 3 heteroatoms. The van der Waals surface area contributed by atoms with E-state index in [-0.39, 0.29) is 0 Å². The zero-order valence-electron chi connectivity index (χ0n) is 13.0. The Bertz CT molecular complexity index is 574. The highest BCUT2D eigenvalue weighted by atomic mass is 35.5. The third-order valence-electron chi connectivity index (χ3n) is 3.73. The molecule has 2 rings (SSSR count). The number of aryl methyl sites for hydroxylation is 1. The van der Waals surface area contributed by atoms with Crippen molar-refractivity contribution in [1.29, 1.82) is 0 Å². The third-order valence-corrected chi connectivity index (χ3v) is 4.14. The molecule has 0 aliphatic heterocycles. The molecule has 0 atom stereocenters. The fourth-order valence-corrected chi connectivity index (χ4v) is 2.53. The second-order valence-corrected chi connectivity index (χ2v) is 5.56. The van der Waals surface area contributed by atoms with Crippen LogP contribution in [-0.4, -0.2) is 13.1 Å². The van der Waals surface area contributed by atoms with Crippen LogP contribution in [-0.2, 0) is 6.54 Å². The second kappa shape index (κ2) is 7.37. The summed E-state index contributed by atoms with van der Waals surface area (Å²) in [5.41, 5.74) is 4.70. The highest BCUT2D eigenvalue weighted by Crippen LogP contribution is 2.20.